The number of carboxylic acid groups (broad SMARTS) is 1. The van der Waals surface area contributed by atoms with E-state index in [1.165, 1.54) is 11.2 Å². The van der Waals surface area contributed by atoms with Crippen LogP contribution < -0.4 is 5.73 Å². The standard InChI is InChI=1S/C11H12BrN5O2/c12-8-2-7(1-6-3-16(4-6)11(18)19)17-9(8)10(13)14-5-15-17/h2,5-6H,1,3-4H2,(H,18,19)(H2,13,14,15). The molecule has 3 rings (SSSR count). The zero-order chi connectivity index (χ0) is 13.6. The molecule has 3 heterocycles. The third kappa shape index (κ3) is 2.01. The molecule has 8 heteroatoms. The second-order valence-corrected chi connectivity index (χ2v) is 5.50. The second kappa shape index (κ2) is 4.37. The van der Waals surface area contributed by atoms with Crippen molar-refractivity contribution in [1.82, 2.24) is 19.5 Å². The summed E-state index contributed by atoms with van der Waals surface area (Å²) >= 11 is 3.45. The molecular weight excluding hydrogens is 314 g/mol. The molecule has 2 aromatic rings. The molecule has 0 saturated carbocycles. The Morgan fingerprint density at radius 1 is 1.58 bits per heavy atom. The number of rotatable bonds is 2. The van der Waals surface area contributed by atoms with Crippen LogP contribution in [-0.2, 0) is 6.42 Å². The van der Waals surface area contributed by atoms with Crippen molar-refractivity contribution in [2.45, 2.75) is 6.42 Å². The van der Waals surface area contributed by atoms with E-state index in [-0.39, 0.29) is 0 Å². The summed E-state index contributed by atoms with van der Waals surface area (Å²) < 4.78 is 2.62. The number of nitrogen functional groups attached to an aromatic ring is 1. The molecule has 0 unspecified atom stereocenters. The average molecular weight is 326 g/mol. The van der Waals surface area contributed by atoms with E-state index < -0.39 is 6.09 Å². The third-order valence-corrected chi connectivity index (χ3v) is 3.94. The van der Waals surface area contributed by atoms with Crippen molar-refractivity contribution >= 4 is 33.4 Å². The van der Waals surface area contributed by atoms with Gasteiger partial charge in [-0.3, -0.25) is 0 Å². The SMILES string of the molecule is Nc1ncnn2c(CC3CN(C(=O)O)C3)cc(Br)c12. The number of anilines is 1. The largest absolute Gasteiger partial charge is 0.465 e. The molecule has 7 nitrogen and oxygen atoms in total. The fourth-order valence-corrected chi connectivity index (χ4v) is 3.02. The summed E-state index contributed by atoms with van der Waals surface area (Å²) in [6.07, 6.45) is 1.33. The Morgan fingerprint density at radius 3 is 3.00 bits per heavy atom. The van der Waals surface area contributed by atoms with E-state index in [0.717, 1.165) is 22.1 Å². The summed E-state index contributed by atoms with van der Waals surface area (Å²) in [4.78, 5) is 16.1. The van der Waals surface area contributed by atoms with Gasteiger partial charge in [0.2, 0.25) is 0 Å². The van der Waals surface area contributed by atoms with Gasteiger partial charge in [0.25, 0.3) is 0 Å². The Balaban J connectivity index is 1.83. The number of nitrogens with two attached hydrogens (primary N) is 1. The van der Waals surface area contributed by atoms with E-state index in [0.29, 0.717) is 24.8 Å². The Labute approximate surface area is 117 Å². The van der Waals surface area contributed by atoms with E-state index in [1.807, 2.05) is 6.07 Å². The van der Waals surface area contributed by atoms with Crippen molar-refractivity contribution < 1.29 is 9.90 Å². The Bertz CT molecular complexity index is 650. The predicted molar refractivity (Wildman–Crippen MR) is 71.9 cm³/mol. The molecule has 3 N–H and O–H groups in total. The number of fused-ring (bicyclic) bond motifs is 1. The number of likely N-dealkylation sites (tertiary alicyclic amines) is 1. The van der Waals surface area contributed by atoms with Crippen molar-refractivity contribution in [3.63, 3.8) is 0 Å². The first-order valence-electron chi connectivity index (χ1n) is 5.80. The van der Waals surface area contributed by atoms with Crippen LogP contribution >= 0.6 is 15.9 Å². The molecule has 1 aliphatic heterocycles. The van der Waals surface area contributed by atoms with Gasteiger partial charge in [-0.15, -0.1) is 0 Å². The summed E-state index contributed by atoms with van der Waals surface area (Å²) in [5.41, 5.74) is 7.58. The van der Waals surface area contributed by atoms with Crippen LogP contribution in [0.25, 0.3) is 5.52 Å². The molecule has 0 spiro atoms. The van der Waals surface area contributed by atoms with E-state index in [4.69, 9.17) is 10.8 Å². The Morgan fingerprint density at radius 2 is 2.32 bits per heavy atom. The molecule has 1 fully saturated rings. The van der Waals surface area contributed by atoms with Crippen molar-refractivity contribution in [2.24, 2.45) is 5.92 Å². The van der Waals surface area contributed by atoms with Crippen LogP contribution in [0.3, 0.4) is 0 Å². The van der Waals surface area contributed by atoms with Gasteiger partial charge in [-0.05, 0) is 34.3 Å². The van der Waals surface area contributed by atoms with Gasteiger partial charge in [0, 0.05) is 23.3 Å². The molecule has 100 valence electrons. The number of hydrogen-bond donors (Lipinski definition) is 2. The first-order valence-corrected chi connectivity index (χ1v) is 6.60. The number of nitrogens with zero attached hydrogens (tertiary/aromatic N) is 4. The maximum atomic E-state index is 10.7. The summed E-state index contributed by atoms with van der Waals surface area (Å²) in [6, 6.07) is 1.96. The summed E-state index contributed by atoms with van der Waals surface area (Å²) in [7, 11) is 0. The van der Waals surface area contributed by atoms with Gasteiger partial charge in [-0.25, -0.2) is 14.3 Å². The smallest absolute Gasteiger partial charge is 0.407 e. The molecule has 0 aromatic carbocycles. The zero-order valence-corrected chi connectivity index (χ0v) is 11.5. The highest BCUT2D eigenvalue weighted by Gasteiger charge is 2.31. The molecule has 0 bridgehead atoms. The summed E-state index contributed by atoms with van der Waals surface area (Å²) in [5, 5.41) is 13.0. The minimum absolute atomic E-state index is 0.331. The molecule has 0 aliphatic carbocycles. The number of aromatic nitrogens is 3. The lowest BCUT2D eigenvalue weighted by atomic mass is 9.95. The van der Waals surface area contributed by atoms with Crippen LogP contribution in [-0.4, -0.2) is 43.8 Å². The van der Waals surface area contributed by atoms with Crippen molar-refractivity contribution in [1.29, 1.82) is 0 Å². The predicted octanol–water partition coefficient (Wildman–Crippen LogP) is 1.23. The van der Waals surface area contributed by atoms with Gasteiger partial charge >= 0.3 is 6.09 Å². The quantitative estimate of drug-likeness (QED) is 0.865. The minimum Gasteiger partial charge on any atom is -0.465 e. The molecule has 19 heavy (non-hydrogen) atoms. The molecule has 0 radical (unpaired) electrons. The van der Waals surface area contributed by atoms with Crippen molar-refractivity contribution in [3.05, 3.63) is 22.6 Å². The van der Waals surface area contributed by atoms with Gasteiger partial charge < -0.3 is 15.7 Å². The minimum atomic E-state index is -0.857. The lowest BCUT2D eigenvalue weighted by molar-refractivity contribution is 0.0814. The summed E-state index contributed by atoms with van der Waals surface area (Å²) in [6.45, 7) is 1.14. The topological polar surface area (TPSA) is 96.8 Å². The first kappa shape index (κ1) is 12.2. The molecule has 0 atom stereocenters. The zero-order valence-electron chi connectivity index (χ0n) is 9.95. The van der Waals surface area contributed by atoms with Crippen molar-refractivity contribution in [3.8, 4) is 0 Å². The van der Waals surface area contributed by atoms with Gasteiger partial charge in [0.1, 0.15) is 11.8 Å². The molecule has 2 aromatic heterocycles. The highest BCUT2D eigenvalue weighted by Crippen LogP contribution is 2.28. The van der Waals surface area contributed by atoms with Crippen LogP contribution in [0.1, 0.15) is 5.69 Å². The second-order valence-electron chi connectivity index (χ2n) is 4.65. The van der Waals surface area contributed by atoms with Gasteiger partial charge in [0.05, 0.1) is 0 Å². The molecule has 1 amide bonds. The van der Waals surface area contributed by atoms with E-state index >= 15 is 0 Å². The maximum absolute atomic E-state index is 10.7. The van der Waals surface area contributed by atoms with Gasteiger partial charge in [0.15, 0.2) is 5.82 Å². The normalized spacial score (nSPS) is 15.7. The highest BCUT2D eigenvalue weighted by molar-refractivity contribution is 9.10. The average Bonchev–Trinajstić information content (AvgIpc) is 2.61. The van der Waals surface area contributed by atoms with Crippen LogP contribution in [0, 0.1) is 5.92 Å². The maximum Gasteiger partial charge on any atom is 0.407 e. The van der Waals surface area contributed by atoms with E-state index in [9.17, 15) is 4.79 Å². The lowest BCUT2D eigenvalue weighted by Gasteiger charge is -2.36. The van der Waals surface area contributed by atoms with E-state index in [1.54, 1.807) is 4.52 Å². The van der Waals surface area contributed by atoms with Gasteiger partial charge in [-0.1, -0.05) is 0 Å². The summed E-state index contributed by atoms with van der Waals surface area (Å²) in [5.74, 6) is 0.756. The number of carbonyl (C=O) groups is 1. The first-order chi connectivity index (χ1) is 9.06. The molecule has 1 aliphatic rings. The molecular formula is C11H12BrN5O2. The fourth-order valence-electron chi connectivity index (χ4n) is 2.38. The van der Waals surface area contributed by atoms with Crippen LogP contribution in [0.15, 0.2) is 16.9 Å². The Kier molecular flexibility index (Phi) is 2.81. The monoisotopic (exact) mass is 325 g/mol. The highest BCUT2D eigenvalue weighted by atomic mass is 79.9. The number of halogens is 1. The van der Waals surface area contributed by atoms with Gasteiger partial charge in [-0.2, -0.15) is 5.10 Å². The number of hydrogen-bond acceptors (Lipinski definition) is 4. The Hall–Kier alpha value is -1.83. The number of amides is 1. The van der Waals surface area contributed by atoms with E-state index in [2.05, 4.69) is 26.0 Å². The van der Waals surface area contributed by atoms with Crippen LogP contribution in [0.4, 0.5) is 10.6 Å². The van der Waals surface area contributed by atoms with Crippen LogP contribution in [0.5, 0.6) is 0 Å². The molecule has 1 saturated heterocycles. The lowest BCUT2D eigenvalue weighted by Crippen LogP contribution is -2.50. The van der Waals surface area contributed by atoms with Crippen LogP contribution in [0.2, 0.25) is 0 Å². The third-order valence-electron chi connectivity index (χ3n) is 3.34. The van der Waals surface area contributed by atoms with Crippen molar-refractivity contribution in [2.75, 3.05) is 18.8 Å². The fraction of sp³-hybridized carbons (Fsp3) is 0.364.